The summed E-state index contributed by atoms with van der Waals surface area (Å²) in [4.78, 5) is 27.7. The van der Waals surface area contributed by atoms with Crippen LogP contribution in [0.1, 0.15) is 21.5 Å². The van der Waals surface area contributed by atoms with Crippen LogP contribution in [0.3, 0.4) is 0 Å². The van der Waals surface area contributed by atoms with E-state index in [0.29, 0.717) is 43.2 Å². The normalized spacial score (nSPS) is 14.3. The molecule has 2 aromatic rings. The molecule has 0 bridgehead atoms. The van der Waals surface area contributed by atoms with Crippen molar-refractivity contribution in [3.63, 3.8) is 0 Å². The Morgan fingerprint density at radius 3 is 2.39 bits per heavy atom. The fourth-order valence-electron chi connectivity index (χ4n) is 3.51. The Hall–Kier alpha value is -2.95. The molecule has 178 valence electrons. The molecular formula is C23H30N4O5S. The maximum Gasteiger partial charge on any atom is 0.304 e. The Balaban J connectivity index is 1.87. The maximum atomic E-state index is 13.1. The molecule has 0 saturated carbocycles. The van der Waals surface area contributed by atoms with Gasteiger partial charge in [0.05, 0.1) is 30.2 Å². The number of amides is 2. The number of anilines is 2. The first-order chi connectivity index (χ1) is 15.6. The number of ether oxygens (including phenoxy) is 1. The molecule has 1 N–H and O–H groups in total. The van der Waals surface area contributed by atoms with Gasteiger partial charge in [-0.05, 0) is 43.2 Å². The van der Waals surface area contributed by atoms with E-state index in [0.717, 1.165) is 19.7 Å². The highest BCUT2D eigenvalue weighted by Crippen LogP contribution is 2.26. The molecule has 0 aliphatic carbocycles. The smallest absolute Gasteiger partial charge is 0.304 e. The zero-order chi connectivity index (χ0) is 24.2. The predicted molar refractivity (Wildman–Crippen MR) is 128 cm³/mol. The molecule has 1 saturated heterocycles. The molecular weight excluding hydrogens is 444 g/mol. The second-order valence-corrected chi connectivity index (χ2v) is 10.2. The number of carbonyl (C=O) groups excluding carboxylic acids is 2. The molecule has 2 aromatic carbocycles. The highest BCUT2D eigenvalue weighted by molar-refractivity contribution is 7.90. The van der Waals surface area contributed by atoms with Crippen molar-refractivity contribution in [2.45, 2.75) is 13.8 Å². The van der Waals surface area contributed by atoms with Crippen LogP contribution in [0.2, 0.25) is 0 Å². The summed E-state index contributed by atoms with van der Waals surface area (Å²) < 4.78 is 33.6. The number of aryl methyl sites for hydroxylation is 2. The molecule has 1 aliphatic rings. The first kappa shape index (κ1) is 24.7. The van der Waals surface area contributed by atoms with Crippen molar-refractivity contribution in [2.24, 2.45) is 0 Å². The van der Waals surface area contributed by atoms with Crippen molar-refractivity contribution >= 4 is 33.4 Å². The van der Waals surface area contributed by atoms with Gasteiger partial charge in [-0.25, -0.2) is 4.31 Å². The average Bonchev–Trinajstić information content (AvgIpc) is 2.79. The van der Waals surface area contributed by atoms with Gasteiger partial charge in [0.1, 0.15) is 6.54 Å². The van der Waals surface area contributed by atoms with Gasteiger partial charge in [0.2, 0.25) is 5.91 Å². The topological polar surface area (TPSA) is 99.3 Å². The Kier molecular flexibility index (Phi) is 7.72. The van der Waals surface area contributed by atoms with Gasteiger partial charge in [-0.2, -0.15) is 12.7 Å². The Bertz CT molecular complexity index is 1130. The minimum absolute atomic E-state index is 0.207. The Morgan fingerprint density at radius 1 is 1.06 bits per heavy atom. The molecule has 3 rings (SSSR count). The van der Waals surface area contributed by atoms with Crippen LogP contribution >= 0.6 is 0 Å². The zero-order valence-corrected chi connectivity index (χ0v) is 20.2. The number of benzene rings is 2. The first-order valence-electron chi connectivity index (χ1n) is 10.6. The van der Waals surface area contributed by atoms with Crippen molar-refractivity contribution < 1.29 is 22.7 Å². The predicted octanol–water partition coefficient (Wildman–Crippen LogP) is 2.03. The summed E-state index contributed by atoms with van der Waals surface area (Å²) in [5.41, 5.74) is 2.71. The van der Waals surface area contributed by atoms with Crippen LogP contribution in [0.15, 0.2) is 42.5 Å². The SMILES string of the molecule is Cc1ccc(C)c(N(CC(=O)Nc2ccccc2C(=O)N2CCOCC2)S(=O)(=O)N(C)C)c1. The molecule has 2 amide bonds. The third kappa shape index (κ3) is 5.70. The molecule has 0 aromatic heterocycles. The average molecular weight is 475 g/mol. The number of hydrogen-bond donors (Lipinski definition) is 1. The van der Waals surface area contributed by atoms with E-state index in [9.17, 15) is 18.0 Å². The summed E-state index contributed by atoms with van der Waals surface area (Å²) in [5, 5.41) is 2.73. The quantitative estimate of drug-likeness (QED) is 0.662. The molecule has 33 heavy (non-hydrogen) atoms. The number of morpholine rings is 1. The van der Waals surface area contributed by atoms with Gasteiger partial charge >= 0.3 is 10.2 Å². The van der Waals surface area contributed by atoms with Crippen molar-refractivity contribution in [2.75, 3.05) is 56.6 Å². The number of para-hydroxylation sites is 1. The van der Waals surface area contributed by atoms with Crippen LogP contribution in [-0.4, -0.2) is 76.4 Å². The van der Waals surface area contributed by atoms with Crippen LogP contribution in [0.5, 0.6) is 0 Å². The van der Waals surface area contributed by atoms with E-state index in [2.05, 4.69) is 5.32 Å². The maximum absolute atomic E-state index is 13.1. The molecule has 1 fully saturated rings. The van der Waals surface area contributed by atoms with Crippen molar-refractivity contribution in [1.82, 2.24) is 9.21 Å². The minimum Gasteiger partial charge on any atom is -0.378 e. The van der Waals surface area contributed by atoms with Gasteiger partial charge in [-0.15, -0.1) is 0 Å². The zero-order valence-electron chi connectivity index (χ0n) is 19.4. The minimum atomic E-state index is -3.95. The van der Waals surface area contributed by atoms with Crippen LogP contribution < -0.4 is 9.62 Å². The van der Waals surface area contributed by atoms with Crippen LogP contribution in [0, 0.1) is 13.8 Å². The summed E-state index contributed by atoms with van der Waals surface area (Å²) in [6.07, 6.45) is 0. The Morgan fingerprint density at radius 2 is 1.73 bits per heavy atom. The van der Waals surface area contributed by atoms with E-state index in [1.54, 1.807) is 42.2 Å². The third-order valence-corrected chi connectivity index (χ3v) is 7.20. The number of carbonyl (C=O) groups is 2. The number of nitrogens with one attached hydrogen (secondary N) is 1. The molecule has 0 unspecified atom stereocenters. The van der Waals surface area contributed by atoms with Gasteiger partial charge in [-0.1, -0.05) is 24.3 Å². The van der Waals surface area contributed by atoms with E-state index in [1.807, 2.05) is 19.1 Å². The van der Waals surface area contributed by atoms with E-state index >= 15 is 0 Å². The van der Waals surface area contributed by atoms with Crippen LogP contribution in [0.25, 0.3) is 0 Å². The van der Waals surface area contributed by atoms with Crippen molar-refractivity contribution in [1.29, 1.82) is 0 Å². The second-order valence-electron chi connectivity index (χ2n) is 8.09. The monoisotopic (exact) mass is 474 g/mol. The summed E-state index contributed by atoms with van der Waals surface area (Å²) in [5.74, 6) is -0.759. The number of nitrogens with zero attached hydrogens (tertiary/aromatic N) is 3. The van der Waals surface area contributed by atoms with E-state index in [-0.39, 0.29) is 5.91 Å². The lowest BCUT2D eigenvalue weighted by Gasteiger charge is -2.29. The molecule has 0 atom stereocenters. The lowest BCUT2D eigenvalue weighted by molar-refractivity contribution is -0.114. The summed E-state index contributed by atoms with van der Waals surface area (Å²) >= 11 is 0. The van der Waals surface area contributed by atoms with Crippen LogP contribution in [-0.2, 0) is 19.7 Å². The van der Waals surface area contributed by atoms with Gasteiger partial charge in [0.15, 0.2) is 0 Å². The molecule has 10 heteroatoms. The highest BCUT2D eigenvalue weighted by Gasteiger charge is 2.29. The standard InChI is InChI=1S/C23H30N4O5S/c1-17-9-10-18(2)21(15-17)27(33(30,31)25(3)4)16-22(28)24-20-8-6-5-7-19(20)23(29)26-11-13-32-14-12-26/h5-10,15H,11-14,16H2,1-4H3,(H,24,28). The molecule has 9 nitrogen and oxygen atoms in total. The van der Waals surface area contributed by atoms with Crippen LogP contribution in [0.4, 0.5) is 11.4 Å². The van der Waals surface area contributed by atoms with Crippen molar-refractivity contribution in [3.8, 4) is 0 Å². The number of rotatable bonds is 7. The van der Waals surface area contributed by atoms with E-state index in [1.165, 1.54) is 14.1 Å². The fourth-order valence-corrected chi connectivity index (χ4v) is 4.63. The molecule has 0 radical (unpaired) electrons. The van der Waals surface area contributed by atoms with Gasteiger partial charge in [0.25, 0.3) is 5.91 Å². The molecule has 0 spiro atoms. The molecule has 1 heterocycles. The van der Waals surface area contributed by atoms with Gasteiger partial charge in [0, 0.05) is 27.2 Å². The summed E-state index contributed by atoms with van der Waals surface area (Å²) in [7, 11) is -1.11. The van der Waals surface area contributed by atoms with E-state index in [4.69, 9.17) is 4.74 Å². The Labute approximate surface area is 195 Å². The molecule has 1 aliphatic heterocycles. The van der Waals surface area contributed by atoms with Gasteiger partial charge < -0.3 is 15.0 Å². The third-order valence-electron chi connectivity index (χ3n) is 5.39. The lowest BCUT2D eigenvalue weighted by Crippen LogP contribution is -2.45. The summed E-state index contributed by atoms with van der Waals surface area (Å²) in [6.45, 7) is 5.09. The fraction of sp³-hybridized carbons (Fsp3) is 0.391. The first-order valence-corrected chi connectivity index (χ1v) is 12.0. The lowest BCUT2D eigenvalue weighted by atomic mass is 10.1. The highest BCUT2D eigenvalue weighted by atomic mass is 32.2. The summed E-state index contributed by atoms with van der Waals surface area (Å²) in [6, 6.07) is 12.1. The second kappa shape index (κ2) is 10.3. The number of hydrogen-bond acceptors (Lipinski definition) is 5. The van der Waals surface area contributed by atoms with Gasteiger partial charge in [-0.3, -0.25) is 9.59 Å². The van der Waals surface area contributed by atoms with Crippen molar-refractivity contribution in [3.05, 3.63) is 59.2 Å². The largest absolute Gasteiger partial charge is 0.378 e. The van der Waals surface area contributed by atoms with E-state index < -0.39 is 22.7 Å².